The molecule has 1 aromatic heterocycles. The maximum absolute atomic E-state index is 12.6. The van der Waals surface area contributed by atoms with E-state index in [1.165, 1.54) is 11.3 Å². The molecule has 0 aliphatic heterocycles. The van der Waals surface area contributed by atoms with Crippen LogP contribution >= 0.6 is 11.3 Å². The monoisotopic (exact) mass is 322 g/mol. The van der Waals surface area contributed by atoms with E-state index >= 15 is 0 Å². The van der Waals surface area contributed by atoms with Gasteiger partial charge in [0.2, 0.25) is 0 Å². The van der Waals surface area contributed by atoms with E-state index in [9.17, 15) is 9.59 Å². The fraction of sp³-hybridized carbons (Fsp3) is 0.0556. The predicted octanol–water partition coefficient (Wildman–Crippen LogP) is 3.30. The van der Waals surface area contributed by atoms with Crippen molar-refractivity contribution in [2.24, 2.45) is 0 Å². The van der Waals surface area contributed by atoms with Crippen molar-refractivity contribution in [3.8, 4) is 0 Å². The lowest BCUT2D eigenvalue weighted by Crippen LogP contribution is -2.25. The minimum atomic E-state index is -0.278. The summed E-state index contributed by atoms with van der Waals surface area (Å²) in [5.41, 5.74) is 1.33. The Balaban J connectivity index is 1.83. The molecule has 0 saturated heterocycles. The van der Waals surface area contributed by atoms with Crippen molar-refractivity contribution >= 4 is 23.0 Å². The van der Waals surface area contributed by atoms with Crippen LogP contribution in [0.15, 0.2) is 66.2 Å². The lowest BCUT2D eigenvalue weighted by atomic mass is 9.98. The number of rotatable bonds is 5. The zero-order chi connectivity index (χ0) is 16.1. The molecule has 0 bridgehead atoms. The maximum atomic E-state index is 12.6. The lowest BCUT2D eigenvalue weighted by molar-refractivity contribution is 0.0939. The van der Waals surface area contributed by atoms with Crippen LogP contribution in [0.2, 0.25) is 0 Å². The number of thiazole rings is 1. The number of nitrogens with one attached hydrogen (secondary N) is 1. The van der Waals surface area contributed by atoms with Crippen LogP contribution in [-0.4, -0.2) is 16.7 Å². The normalized spacial score (nSPS) is 10.3. The molecule has 4 nitrogen and oxygen atoms in total. The second-order valence-electron chi connectivity index (χ2n) is 4.85. The molecule has 114 valence electrons. The van der Waals surface area contributed by atoms with Crippen molar-refractivity contribution in [3.63, 3.8) is 0 Å². The van der Waals surface area contributed by atoms with Crippen LogP contribution in [0.5, 0.6) is 0 Å². The Kier molecular flexibility index (Phi) is 4.59. The van der Waals surface area contributed by atoms with E-state index in [1.807, 2.05) is 11.4 Å². The molecule has 1 heterocycles. The number of nitrogens with zero attached hydrogens (tertiary/aromatic N) is 1. The van der Waals surface area contributed by atoms with Gasteiger partial charge in [0.15, 0.2) is 5.78 Å². The number of aromatic nitrogens is 1. The highest BCUT2D eigenvalue weighted by Crippen LogP contribution is 2.15. The number of benzene rings is 2. The number of ketones is 1. The van der Waals surface area contributed by atoms with Gasteiger partial charge >= 0.3 is 0 Å². The fourth-order valence-corrected chi connectivity index (χ4v) is 2.77. The van der Waals surface area contributed by atoms with E-state index in [0.717, 1.165) is 5.01 Å². The average Bonchev–Trinajstić information content (AvgIpc) is 3.13. The van der Waals surface area contributed by atoms with Crippen LogP contribution in [0, 0.1) is 0 Å². The van der Waals surface area contributed by atoms with Gasteiger partial charge in [0.05, 0.1) is 12.1 Å². The molecule has 0 saturated carbocycles. The van der Waals surface area contributed by atoms with E-state index in [2.05, 4.69) is 10.3 Å². The van der Waals surface area contributed by atoms with Crippen molar-refractivity contribution in [1.82, 2.24) is 10.3 Å². The summed E-state index contributed by atoms with van der Waals surface area (Å²) < 4.78 is 0. The van der Waals surface area contributed by atoms with Gasteiger partial charge in [0, 0.05) is 22.7 Å². The predicted molar refractivity (Wildman–Crippen MR) is 89.6 cm³/mol. The van der Waals surface area contributed by atoms with E-state index in [0.29, 0.717) is 23.2 Å². The highest BCUT2D eigenvalue weighted by Gasteiger charge is 2.17. The molecule has 1 N–H and O–H groups in total. The van der Waals surface area contributed by atoms with E-state index in [4.69, 9.17) is 0 Å². The molecule has 5 heteroatoms. The van der Waals surface area contributed by atoms with Gasteiger partial charge in [-0.1, -0.05) is 48.5 Å². The van der Waals surface area contributed by atoms with Gasteiger partial charge in [0.25, 0.3) is 5.91 Å². The molecule has 0 radical (unpaired) electrons. The summed E-state index contributed by atoms with van der Waals surface area (Å²) in [6.45, 7) is 0.352. The van der Waals surface area contributed by atoms with Crippen molar-refractivity contribution in [1.29, 1.82) is 0 Å². The van der Waals surface area contributed by atoms with Gasteiger partial charge in [-0.15, -0.1) is 11.3 Å². The number of carbonyl (C=O) groups excluding carboxylic acids is 2. The minimum absolute atomic E-state index is 0.161. The summed E-state index contributed by atoms with van der Waals surface area (Å²) in [5.74, 6) is -0.439. The van der Waals surface area contributed by atoms with E-state index < -0.39 is 0 Å². The molecule has 1 amide bonds. The first-order chi connectivity index (χ1) is 11.3. The van der Waals surface area contributed by atoms with Crippen LogP contribution in [0.1, 0.15) is 31.3 Å². The van der Waals surface area contributed by atoms with Crippen molar-refractivity contribution in [2.75, 3.05) is 0 Å². The summed E-state index contributed by atoms with van der Waals surface area (Å²) in [5, 5.41) is 5.48. The first kappa shape index (κ1) is 15.1. The average molecular weight is 322 g/mol. The van der Waals surface area contributed by atoms with Gasteiger partial charge in [-0.05, 0) is 6.07 Å². The number of amides is 1. The third-order valence-corrected chi connectivity index (χ3v) is 4.12. The zero-order valence-corrected chi connectivity index (χ0v) is 13.0. The van der Waals surface area contributed by atoms with Gasteiger partial charge in [-0.3, -0.25) is 9.59 Å². The van der Waals surface area contributed by atoms with Crippen LogP contribution in [0.3, 0.4) is 0 Å². The maximum Gasteiger partial charge on any atom is 0.252 e. The molecule has 0 atom stereocenters. The summed E-state index contributed by atoms with van der Waals surface area (Å²) in [6.07, 6.45) is 1.69. The second-order valence-corrected chi connectivity index (χ2v) is 5.83. The van der Waals surface area contributed by atoms with Crippen molar-refractivity contribution < 1.29 is 9.59 Å². The molecule has 0 unspecified atom stereocenters. The van der Waals surface area contributed by atoms with Gasteiger partial charge in [-0.2, -0.15) is 0 Å². The molecular weight excluding hydrogens is 308 g/mol. The lowest BCUT2D eigenvalue weighted by Gasteiger charge is -2.09. The molecular formula is C18H14N2O2S. The van der Waals surface area contributed by atoms with Crippen molar-refractivity contribution in [2.45, 2.75) is 6.54 Å². The quantitative estimate of drug-likeness (QED) is 0.733. The topological polar surface area (TPSA) is 59.1 Å². The van der Waals surface area contributed by atoms with Gasteiger partial charge in [-0.25, -0.2) is 4.98 Å². The Hall–Kier alpha value is -2.79. The summed E-state index contributed by atoms with van der Waals surface area (Å²) in [6, 6.07) is 15.8. The molecule has 3 rings (SSSR count). The van der Waals surface area contributed by atoms with Crippen molar-refractivity contribution in [3.05, 3.63) is 87.9 Å². The first-order valence-electron chi connectivity index (χ1n) is 7.11. The summed E-state index contributed by atoms with van der Waals surface area (Å²) in [7, 11) is 0. The summed E-state index contributed by atoms with van der Waals surface area (Å²) >= 11 is 1.47. The highest BCUT2D eigenvalue weighted by molar-refractivity contribution is 7.09. The smallest absolute Gasteiger partial charge is 0.252 e. The Morgan fingerprint density at radius 2 is 1.65 bits per heavy atom. The van der Waals surface area contributed by atoms with Crippen LogP contribution in [0.4, 0.5) is 0 Å². The zero-order valence-electron chi connectivity index (χ0n) is 12.2. The molecule has 2 aromatic carbocycles. The van der Waals surface area contributed by atoms with Crippen LogP contribution in [-0.2, 0) is 6.54 Å². The Bertz CT molecular complexity index is 814. The number of hydrogen-bond acceptors (Lipinski definition) is 4. The molecule has 0 spiro atoms. The van der Waals surface area contributed by atoms with E-state index in [-0.39, 0.29) is 11.7 Å². The van der Waals surface area contributed by atoms with E-state index in [1.54, 1.807) is 54.7 Å². The minimum Gasteiger partial charge on any atom is -0.346 e. The molecule has 0 fully saturated rings. The third kappa shape index (κ3) is 3.52. The molecule has 0 aliphatic carbocycles. The molecule has 3 aromatic rings. The van der Waals surface area contributed by atoms with Gasteiger partial charge < -0.3 is 5.32 Å². The largest absolute Gasteiger partial charge is 0.346 e. The fourth-order valence-electron chi connectivity index (χ4n) is 2.22. The summed E-state index contributed by atoms with van der Waals surface area (Å²) in [4.78, 5) is 29.1. The third-order valence-electron chi connectivity index (χ3n) is 3.34. The Morgan fingerprint density at radius 1 is 0.957 bits per heavy atom. The molecule has 0 aliphatic rings. The van der Waals surface area contributed by atoms with Crippen LogP contribution in [0.25, 0.3) is 0 Å². The molecule has 23 heavy (non-hydrogen) atoms. The van der Waals surface area contributed by atoms with Gasteiger partial charge in [0.1, 0.15) is 5.01 Å². The number of carbonyl (C=O) groups is 2. The first-order valence-corrected chi connectivity index (χ1v) is 7.99. The SMILES string of the molecule is O=C(NCc1nccs1)c1ccccc1C(=O)c1ccccc1. The van der Waals surface area contributed by atoms with Crippen LogP contribution < -0.4 is 5.32 Å². The second kappa shape index (κ2) is 6.98. The standard InChI is InChI=1S/C18H14N2O2S/c21-17(13-6-2-1-3-7-13)14-8-4-5-9-15(14)18(22)20-12-16-19-10-11-23-16/h1-11H,12H2,(H,20,22). The highest BCUT2D eigenvalue weighted by atomic mass is 32.1. The Morgan fingerprint density at radius 3 is 2.35 bits per heavy atom. The number of hydrogen-bond donors (Lipinski definition) is 1. The Labute approximate surface area is 137 Å².